The predicted octanol–water partition coefficient (Wildman–Crippen LogP) is 2.61. The predicted molar refractivity (Wildman–Crippen MR) is 86.7 cm³/mol. The van der Waals surface area contributed by atoms with Gasteiger partial charge in [0.15, 0.2) is 6.54 Å². The Kier molecular flexibility index (Phi) is 3.20. The van der Waals surface area contributed by atoms with Crippen molar-refractivity contribution in [3.63, 3.8) is 0 Å². The fraction of sp³-hybridized carbons (Fsp3) is 0.235. The topological polar surface area (TPSA) is 26.5 Å². The van der Waals surface area contributed by atoms with Crippen molar-refractivity contribution in [3.05, 3.63) is 66.0 Å². The number of rotatable bonds is 2. The molecule has 0 saturated heterocycles. The van der Waals surface area contributed by atoms with Gasteiger partial charge in [0, 0.05) is 11.3 Å². The summed E-state index contributed by atoms with van der Waals surface area (Å²) in [6.45, 7) is 1.24. The summed E-state index contributed by atoms with van der Waals surface area (Å²) in [5, 5.41) is 12.4. The lowest BCUT2D eigenvalue weighted by Crippen LogP contribution is -2.41. The molecule has 5 heteroatoms. The van der Waals surface area contributed by atoms with Crippen LogP contribution in [0.3, 0.4) is 0 Å². The zero-order chi connectivity index (χ0) is 15.2. The second kappa shape index (κ2) is 5.11. The number of benzene rings is 2. The zero-order valence-corrected chi connectivity index (χ0v) is 12.8. The van der Waals surface area contributed by atoms with Crippen LogP contribution in [0.2, 0.25) is 0 Å². The molecule has 2 aliphatic rings. The summed E-state index contributed by atoms with van der Waals surface area (Å²) in [6, 6.07) is 16.2. The smallest absolute Gasteiger partial charge is 0.316 e. The van der Waals surface area contributed by atoms with Crippen LogP contribution in [0.25, 0.3) is 0 Å². The van der Waals surface area contributed by atoms with Crippen LogP contribution in [0.4, 0.5) is 10.1 Å². The van der Waals surface area contributed by atoms with Gasteiger partial charge in [0.2, 0.25) is 0 Å². The van der Waals surface area contributed by atoms with Gasteiger partial charge < -0.3 is 5.11 Å². The van der Waals surface area contributed by atoms with Crippen molar-refractivity contribution in [2.24, 2.45) is 0 Å². The average molecular weight is 315 g/mol. The van der Waals surface area contributed by atoms with E-state index in [0.717, 1.165) is 28.7 Å². The van der Waals surface area contributed by atoms with Gasteiger partial charge in [0.25, 0.3) is 5.72 Å². The van der Waals surface area contributed by atoms with Gasteiger partial charge in [-0.1, -0.05) is 18.2 Å². The van der Waals surface area contributed by atoms with E-state index < -0.39 is 5.72 Å². The second-order valence-corrected chi connectivity index (χ2v) is 6.59. The van der Waals surface area contributed by atoms with Gasteiger partial charge in [-0.25, -0.2) is 13.9 Å². The number of anilines is 1. The first kappa shape index (κ1) is 13.8. The number of β-amino-alcohol motifs (C(OH)–C–C–N with tert-alkyl or cyclic N) is 1. The van der Waals surface area contributed by atoms with Crippen LogP contribution in [0, 0.1) is 5.82 Å². The first-order chi connectivity index (χ1) is 10.7. The molecule has 0 radical (unpaired) electrons. The van der Waals surface area contributed by atoms with Crippen LogP contribution in [-0.2, 0) is 5.72 Å². The van der Waals surface area contributed by atoms with Gasteiger partial charge in [0.05, 0.1) is 6.54 Å². The Bertz CT molecular complexity index is 732. The summed E-state index contributed by atoms with van der Waals surface area (Å²) in [7, 11) is 0. The molecule has 0 aliphatic carbocycles. The maximum absolute atomic E-state index is 13.2. The molecular weight excluding hydrogens is 299 g/mol. The first-order valence-electron chi connectivity index (χ1n) is 7.27. The molecule has 112 valence electrons. The molecule has 2 aliphatic heterocycles. The lowest BCUT2D eigenvalue weighted by molar-refractivity contribution is -0.650. The molecule has 0 fully saturated rings. The summed E-state index contributed by atoms with van der Waals surface area (Å²) < 4.78 is 15.2. The van der Waals surface area contributed by atoms with Crippen molar-refractivity contribution in [1.29, 1.82) is 0 Å². The van der Waals surface area contributed by atoms with E-state index in [1.807, 2.05) is 34.9 Å². The van der Waals surface area contributed by atoms with Gasteiger partial charge >= 0.3 is 5.17 Å². The molecule has 4 rings (SSSR count). The largest absolute Gasteiger partial charge is 0.346 e. The Hall–Kier alpha value is -1.85. The summed E-state index contributed by atoms with van der Waals surface area (Å²) in [6.07, 6.45) is 0. The molecule has 0 unspecified atom stereocenters. The molecule has 3 nitrogen and oxygen atoms in total. The fourth-order valence-corrected chi connectivity index (χ4v) is 4.30. The van der Waals surface area contributed by atoms with Crippen LogP contribution < -0.4 is 4.90 Å². The van der Waals surface area contributed by atoms with Gasteiger partial charge in [-0.2, -0.15) is 0 Å². The maximum atomic E-state index is 13.2. The SMILES string of the molecule is O[C@@]1(c2ccc(F)cc2)CN(c2ccccc2)C2=[N+]1CCS2. The highest BCUT2D eigenvalue weighted by Crippen LogP contribution is 2.37. The highest BCUT2D eigenvalue weighted by Gasteiger charge is 2.54. The Morgan fingerprint density at radius 3 is 2.55 bits per heavy atom. The number of thioether (sulfide) groups is 1. The van der Waals surface area contributed by atoms with Crippen molar-refractivity contribution in [2.45, 2.75) is 5.72 Å². The molecule has 0 bridgehead atoms. The maximum Gasteiger partial charge on any atom is 0.316 e. The Morgan fingerprint density at radius 2 is 1.82 bits per heavy atom. The van der Waals surface area contributed by atoms with E-state index in [1.54, 1.807) is 23.9 Å². The minimum Gasteiger partial charge on any atom is -0.346 e. The molecule has 1 atom stereocenters. The second-order valence-electron chi connectivity index (χ2n) is 5.53. The van der Waals surface area contributed by atoms with Crippen LogP contribution in [0.5, 0.6) is 0 Å². The third-order valence-corrected chi connectivity index (χ3v) is 5.29. The van der Waals surface area contributed by atoms with E-state index in [0.29, 0.717) is 6.54 Å². The quantitative estimate of drug-likeness (QED) is 0.863. The molecule has 0 spiro atoms. The number of halogens is 1. The third kappa shape index (κ3) is 2.04. The van der Waals surface area contributed by atoms with E-state index in [4.69, 9.17) is 0 Å². The number of para-hydroxylation sites is 1. The van der Waals surface area contributed by atoms with Crippen LogP contribution in [0.1, 0.15) is 5.56 Å². The Morgan fingerprint density at radius 1 is 1.09 bits per heavy atom. The normalized spacial score (nSPS) is 24.0. The van der Waals surface area contributed by atoms with Gasteiger partial charge in [-0.05, 0) is 48.2 Å². The summed E-state index contributed by atoms with van der Waals surface area (Å²) >= 11 is 1.75. The molecule has 2 aromatic carbocycles. The van der Waals surface area contributed by atoms with Crippen molar-refractivity contribution in [3.8, 4) is 0 Å². The van der Waals surface area contributed by atoms with Gasteiger partial charge in [-0.15, -0.1) is 0 Å². The van der Waals surface area contributed by atoms with Crippen molar-refractivity contribution in [2.75, 3.05) is 23.7 Å². The lowest BCUT2D eigenvalue weighted by Gasteiger charge is -2.22. The molecule has 2 heterocycles. The van der Waals surface area contributed by atoms with E-state index in [-0.39, 0.29) is 5.82 Å². The fourth-order valence-electron chi connectivity index (χ4n) is 3.12. The highest BCUT2D eigenvalue weighted by molar-refractivity contribution is 8.14. The number of hydrogen-bond acceptors (Lipinski definition) is 3. The first-order valence-corrected chi connectivity index (χ1v) is 8.25. The molecule has 0 amide bonds. The summed E-state index contributed by atoms with van der Waals surface area (Å²) in [5.74, 6) is 0.660. The Balaban J connectivity index is 1.78. The number of aliphatic hydroxyl groups is 1. The van der Waals surface area contributed by atoms with Gasteiger partial charge in [-0.3, -0.25) is 0 Å². The van der Waals surface area contributed by atoms with E-state index in [1.165, 1.54) is 12.1 Å². The van der Waals surface area contributed by atoms with Crippen molar-refractivity contribution < 1.29 is 14.1 Å². The number of hydrogen-bond donors (Lipinski definition) is 1. The molecule has 2 aromatic rings. The molecule has 0 saturated carbocycles. The van der Waals surface area contributed by atoms with Crippen molar-refractivity contribution in [1.82, 2.24) is 0 Å². The average Bonchev–Trinajstić information content (AvgIpc) is 3.13. The van der Waals surface area contributed by atoms with E-state index in [9.17, 15) is 9.50 Å². The molecule has 1 N–H and O–H groups in total. The standard InChI is InChI=1S/C17H16FN2OS/c18-14-8-6-13(7-9-14)17(21)12-19(15-4-2-1-3-5-15)16-20(17)10-11-22-16/h1-9,21H,10-12H2/q+1/t17-/m1/s1. The molecule has 0 aromatic heterocycles. The Labute approximate surface area is 132 Å². The van der Waals surface area contributed by atoms with Crippen LogP contribution >= 0.6 is 11.8 Å². The van der Waals surface area contributed by atoms with E-state index >= 15 is 0 Å². The summed E-state index contributed by atoms with van der Waals surface area (Å²) in [5.41, 5.74) is 0.685. The van der Waals surface area contributed by atoms with Gasteiger partial charge in [0.1, 0.15) is 11.5 Å². The zero-order valence-electron chi connectivity index (χ0n) is 11.9. The van der Waals surface area contributed by atoms with Crippen molar-refractivity contribution >= 4 is 22.6 Å². The minimum atomic E-state index is -1.11. The van der Waals surface area contributed by atoms with Crippen LogP contribution in [-0.4, -0.2) is 33.7 Å². The molecular formula is C17H16FN2OS+. The molecule has 22 heavy (non-hydrogen) atoms. The minimum absolute atomic E-state index is 0.287. The monoisotopic (exact) mass is 315 g/mol. The number of amidine groups is 1. The highest BCUT2D eigenvalue weighted by atomic mass is 32.2. The summed E-state index contributed by atoms with van der Waals surface area (Å²) in [4.78, 5) is 2.14. The van der Waals surface area contributed by atoms with E-state index in [2.05, 4.69) is 4.90 Å². The third-order valence-electron chi connectivity index (χ3n) is 4.21. The lowest BCUT2D eigenvalue weighted by atomic mass is 10.0. The van der Waals surface area contributed by atoms with Crippen LogP contribution in [0.15, 0.2) is 54.6 Å². The number of nitrogens with zero attached hydrogens (tertiary/aromatic N) is 2.